The molecule has 2 N–H and O–H groups in total. The summed E-state index contributed by atoms with van der Waals surface area (Å²) in [5.74, 6) is -0.113. The van der Waals surface area contributed by atoms with Gasteiger partial charge in [-0.1, -0.05) is 6.07 Å². The number of ether oxygens (including phenoxy) is 1. The van der Waals surface area contributed by atoms with Crippen LogP contribution in [0.2, 0.25) is 0 Å². The maximum Gasteiger partial charge on any atom is 0.240 e. The largest absolute Gasteiger partial charge is 0.396 e. The van der Waals surface area contributed by atoms with Crippen molar-refractivity contribution in [3.8, 4) is 0 Å². The van der Waals surface area contributed by atoms with Crippen LogP contribution in [-0.2, 0) is 32.5 Å². The molecule has 2 aliphatic rings. The van der Waals surface area contributed by atoms with Crippen LogP contribution in [0.1, 0.15) is 30.4 Å². The number of hydrogen-bond donors (Lipinski definition) is 2. The van der Waals surface area contributed by atoms with E-state index in [0.717, 1.165) is 24.0 Å². The number of carbonyl (C=O) groups excluding carboxylic acids is 1. The maximum absolute atomic E-state index is 12.5. The van der Waals surface area contributed by atoms with E-state index < -0.39 is 10.0 Å². The van der Waals surface area contributed by atoms with Crippen molar-refractivity contribution in [3.63, 3.8) is 0 Å². The van der Waals surface area contributed by atoms with Crippen molar-refractivity contribution < 1.29 is 23.1 Å². The Morgan fingerprint density at radius 3 is 2.92 bits per heavy atom. The zero-order valence-electron chi connectivity index (χ0n) is 14.1. The van der Waals surface area contributed by atoms with Gasteiger partial charge in [-0.15, -0.1) is 0 Å². The van der Waals surface area contributed by atoms with E-state index in [1.165, 1.54) is 0 Å². The molecule has 1 amide bonds. The molecular weight excluding hydrogens is 344 g/mol. The lowest BCUT2D eigenvalue weighted by Crippen LogP contribution is -2.36. The van der Waals surface area contributed by atoms with Gasteiger partial charge in [0.05, 0.1) is 17.6 Å². The second-order valence-corrected chi connectivity index (χ2v) is 8.22. The third-order valence-corrected chi connectivity index (χ3v) is 6.12. The first-order valence-corrected chi connectivity index (χ1v) is 10.1. The highest BCUT2D eigenvalue weighted by molar-refractivity contribution is 7.89. The summed E-state index contributed by atoms with van der Waals surface area (Å²) >= 11 is 0. The Labute approximate surface area is 148 Å². The van der Waals surface area contributed by atoms with Crippen molar-refractivity contribution in [2.24, 2.45) is 0 Å². The third-order valence-electron chi connectivity index (χ3n) is 4.70. The highest BCUT2D eigenvalue weighted by Crippen LogP contribution is 2.23. The first-order chi connectivity index (χ1) is 12.0. The van der Waals surface area contributed by atoms with Crippen molar-refractivity contribution >= 4 is 15.9 Å². The number of aliphatic hydroxyl groups excluding tert-OH is 1. The summed E-state index contributed by atoms with van der Waals surface area (Å²) in [5, 5.41) is 8.92. The van der Waals surface area contributed by atoms with E-state index in [4.69, 9.17) is 9.84 Å². The van der Waals surface area contributed by atoms with Gasteiger partial charge in [-0.25, -0.2) is 13.1 Å². The van der Waals surface area contributed by atoms with Gasteiger partial charge < -0.3 is 14.7 Å². The van der Waals surface area contributed by atoms with Gasteiger partial charge in [0.1, 0.15) is 0 Å². The van der Waals surface area contributed by atoms with E-state index in [2.05, 4.69) is 4.72 Å². The molecule has 1 fully saturated rings. The second-order valence-electron chi connectivity index (χ2n) is 6.46. The Morgan fingerprint density at radius 2 is 2.20 bits per heavy atom. The molecule has 1 saturated heterocycles. The number of nitrogens with zero attached hydrogens (tertiary/aromatic N) is 1. The van der Waals surface area contributed by atoms with Crippen LogP contribution < -0.4 is 4.72 Å². The zero-order chi connectivity index (χ0) is 17.9. The number of carbonyl (C=O) groups is 1. The molecule has 1 aromatic rings. The molecular formula is C17H24N2O5S. The Kier molecular flexibility index (Phi) is 5.73. The quantitative estimate of drug-likeness (QED) is 0.758. The number of benzene rings is 1. The lowest BCUT2D eigenvalue weighted by Gasteiger charge is -2.29. The number of amides is 1. The van der Waals surface area contributed by atoms with Crippen LogP contribution in [0.5, 0.6) is 0 Å². The standard InChI is InChI=1S/C17H24N2O5S/c20-8-6-17(21)19-7-5-13-3-4-16(10-14(13)12-19)25(22,23)18-11-15-2-1-9-24-15/h3-4,10,15,18,20H,1-2,5-9,11-12H2. The molecule has 2 aliphatic heterocycles. The normalized spacial score (nSPS) is 20.5. The molecule has 2 heterocycles. The van der Waals surface area contributed by atoms with Crippen LogP contribution in [0.25, 0.3) is 0 Å². The van der Waals surface area contributed by atoms with Crippen LogP contribution in [0.4, 0.5) is 0 Å². The SMILES string of the molecule is O=C(CCO)N1CCc2ccc(S(=O)(=O)NCC3CCCO3)cc2C1. The van der Waals surface area contributed by atoms with Crippen LogP contribution in [0.3, 0.4) is 0 Å². The minimum Gasteiger partial charge on any atom is -0.396 e. The van der Waals surface area contributed by atoms with Crippen molar-refractivity contribution in [3.05, 3.63) is 29.3 Å². The summed E-state index contributed by atoms with van der Waals surface area (Å²) in [4.78, 5) is 13.8. The van der Waals surface area contributed by atoms with Gasteiger partial charge in [0.2, 0.25) is 15.9 Å². The molecule has 7 nitrogen and oxygen atoms in total. The van der Waals surface area contributed by atoms with Crippen LogP contribution in [0.15, 0.2) is 23.1 Å². The first-order valence-electron chi connectivity index (χ1n) is 8.61. The van der Waals surface area contributed by atoms with Gasteiger partial charge in [-0.05, 0) is 42.5 Å². The maximum atomic E-state index is 12.5. The molecule has 0 aromatic heterocycles. The number of nitrogens with one attached hydrogen (secondary N) is 1. The summed E-state index contributed by atoms with van der Waals surface area (Å²) < 4.78 is 33.1. The van der Waals surface area contributed by atoms with Crippen molar-refractivity contribution in [1.29, 1.82) is 0 Å². The van der Waals surface area contributed by atoms with Gasteiger partial charge >= 0.3 is 0 Å². The van der Waals surface area contributed by atoms with Gasteiger partial charge in [0.25, 0.3) is 0 Å². The molecule has 1 unspecified atom stereocenters. The number of rotatable bonds is 6. The summed E-state index contributed by atoms with van der Waals surface area (Å²) in [6.45, 7) is 1.76. The average Bonchev–Trinajstić information content (AvgIpc) is 3.13. The molecule has 0 saturated carbocycles. The molecule has 8 heteroatoms. The van der Waals surface area contributed by atoms with Gasteiger partial charge in [0, 0.05) is 32.7 Å². The van der Waals surface area contributed by atoms with Crippen LogP contribution in [0, 0.1) is 0 Å². The lowest BCUT2D eigenvalue weighted by atomic mass is 10.00. The topological polar surface area (TPSA) is 95.9 Å². The summed E-state index contributed by atoms with van der Waals surface area (Å²) in [7, 11) is -3.60. The Balaban J connectivity index is 1.71. The molecule has 3 rings (SSSR count). The molecule has 25 heavy (non-hydrogen) atoms. The van der Waals surface area contributed by atoms with Crippen molar-refractivity contribution in [2.45, 2.75) is 43.2 Å². The summed E-state index contributed by atoms with van der Waals surface area (Å²) in [5.41, 5.74) is 1.91. The molecule has 138 valence electrons. The van der Waals surface area contributed by atoms with E-state index >= 15 is 0 Å². The third kappa shape index (κ3) is 4.38. The monoisotopic (exact) mass is 368 g/mol. The van der Waals surface area contributed by atoms with E-state index in [-0.39, 0.29) is 36.5 Å². The predicted octanol–water partition coefficient (Wildman–Crippen LogP) is 0.411. The smallest absolute Gasteiger partial charge is 0.240 e. The number of hydrogen-bond acceptors (Lipinski definition) is 5. The number of aliphatic hydroxyl groups is 1. The zero-order valence-corrected chi connectivity index (χ0v) is 14.9. The summed E-state index contributed by atoms with van der Waals surface area (Å²) in [6, 6.07) is 5.08. The minimum atomic E-state index is -3.60. The highest BCUT2D eigenvalue weighted by Gasteiger charge is 2.24. The van der Waals surface area contributed by atoms with Crippen LogP contribution >= 0.6 is 0 Å². The molecule has 0 spiro atoms. The number of sulfonamides is 1. The summed E-state index contributed by atoms with van der Waals surface area (Å²) in [6.07, 6.45) is 2.56. The average molecular weight is 368 g/mol. The predicted molar refractivity (Wildman–Crippen MR) is 91.4 cm³/mol. The molecule has 0 aliphatic carbocycles. The Bertz CT molecular complexity index is 729. The van der Waals surface area contributed by atoms with Gasteiger partial charge in [-0.3, -0.25) is 4.79 Å². The molecule has 1 aromatic carbocycles. The second kappa shape index (κ2) is 7.82. The van der Waals surface area contributed by atoms with E-state index in [1.54, 1.807) is 17.0 Å². The fourth-order valence-corrected chi connectivity index (χ4v) is 4.38. The van der Waals surface area contributed by atoms with Crippen LogP contribution in [-0.4, -0.2) is 56.7 Å². The fraction of sp³-hybridized carbons (Fsp3) is 0.588. The van der Waals surface area contributed by atoms with E-state index in [9.17, 15) is 13.2 Å². The Hall–Kier alpha value is -1.48. The van der Waals surface area contributed by atoms with E-state index in [1.807, 2.05) is 6.07 Å². The van der Waals surface area contributed by atoms with Crippen molar-refractivity contribution in [2.75, 3.05) is 26.3 Å². The molecule has 0 radical (unpaired) electrons. The first kappa shape index (κ1) is 18.3. The Morgan fingerprint density at radius 1 is 1.36 bits per heavy atom. The van der Waals surface area contributed by atoms with Crippen molar-refractivity contribution in [1.82, 2.24) is 9.62 Å². The number of fused-ring (bicyclic) bond motifs is 1. The van der Waals surface area contributed by atoms with Gasteiger partial charge in [0.15, 0.2) is 0 Å². The molecule has 1 atom stereocenters. The van der Waals surface area contributed by atoms with Gasteiger partial charge in [-0.2, -0.15) is 0 Å². The molecule has 0 bridgehead atoms. The van der Waals surface area contributed by atoms with E-state index in [0.29, 0.717) is 26.1 Å². The fourth-order valence-electron chi connectivity index (χ4n) is 3.26. The highest BCUT2D eigenvalue weighted by atomic mass is 32.2. The lowest BCUT2D eigenvalue weighted by molar-refractivity contribution is -0.132. The minimum absolute atomic E-state index is 0.0565.